The SMILES string of the molecule is CNC(=O)O[C@H]1CC[C@H](C(=O)N(C[C@H]2CC[C@H](c3ccc(OC)c(C#N)n3)CC2)c2cccc(-c3coc(C4CC4)n3)c2)CC1. The third-order valence-corrected chi connectivity index (χ3v) is 9.58. The smallest absolute Gasteiger partial charge is 0.407 e. The molecule has 0 saturated heterocycles. The summed E-state index contributed by atoms with van der Waals surface area (Å²) in [5.74, 6) is 2.33. The van der Waals surface area contributed by atoms with E-state index >= 15 is 0 Å². The van der Waals surface area contributed by atoms with Crippen LogP contribution in [0.3, 0.4) is 0 Å². The van der Waals surface area contributed by atoms with E-state index in [1.165, 1.54) is 0 Å². The van der Waals surface area contributed by atoms with Crippen LogP contribution in [0.25, 0.3) is 11.3 Å². The van der Waals surface area contributed by atoms with E-state index in [0.29, 0.717) is 55.5 Å². The highest BCUT2D eigenvalue weighted by molar-refractivity contribution is 5.95. The summed E-state index contributed by atoms with van der Waals surface area (Å²) in [6, 6.07) is 14.0. The molecule has 10 nitrogen and oxygen atoms in total. The molecular formula is C35H41N5O5. The lowest BCUT2D eigenvalue weighted by molar-refractivity contribution is -0.124. The number of anilines is 1. The Morgan fingerprint density at radius 2 is 1.76 bits per heavy atom. The van der Waals surface area contributed by atoms with Crippen LogP contribution in [0.1, 0.15) is 93.3 Å². The fourth-order valence-electron chi connectivity index (χ4n) is 6.78. The number of nitrogens with zero attached hydrogens (tertiary/aromatic N) is 4. The first-order valence-corrected chi connectivity index (χ1v) is 16.2. The van der Waals surface area contributed by atoms with Gasteiger partial charge in [-0.1, -0.05) is 12.1 Å². The molecule has 0 radical (unpaired) electrons. The molecule has 2 aromatic heterocycles. The number of ether oxygens (including phenoxy) is 2. The first-order chi connectivity index (χ1) is 21.9. The summed E-state index contributed by atoms with van der Waals surface area (Å²) < 4.78 is 16.5. The molecule has 3 aromatic rings. The number of methoxy groups -OCH3 is 1. The Kier molecular flexibility index (Phi) is 9.34. The van der Waals surface area contributed by atoms with Crippen LogP contribution in [0.2, 0.25) is 0 Å². The number of oxazole rings is 1. The molecule has 3 aliphatic carbocycles. The summed E-state index contributed by atoms with van der Waals surface area (Å²) in [5, 5.41) is 12.0. The van der Waals surface area contributed by atoms with Crippen molar-refractivity contribution in [1.82, 2.24) is 15.3 Å². The molecule has 3 fully saturated rings. The average Bonchev–Trinajstić information content (AvgIpc) is 3.82. The molecule has 6 rings (SSSR count). The minimum absolute atomic E-state index is 0.127. The van der Waals surface area contributed by atoms with Crippen molar-refractivity contribution in [2.45, 2.75) is 82.1 Å². The molecule has 236 valence electrons. The van der Waals surface area contributed by atoms with Crippen LogP contribution >= 0.6 is 0 Å². The van der Waals surface area contributed by atoms with Crippen molar-refractivity contribution >= 4 is 17.7 Å². The molecule has 0 spiro atoms. The van der Waals surface area contributed by atoms with Crippen molar-refractivity contribution in [1.29, 1.82) is 5.26 Å². The summed E-state index contributed by atoms with van der Waals surface area (Å²) in [5.41, 5.74) is 3.85. The zero-order valence-corrected chi connectivity index (χ0v) is 26.0. The van der Waals surface area contributed by atoms with Gasteiger partial charge in [-0.05, 0) is 94.4 Å². The molecule has 0 aliphatic heterocycles. The number of alkyl carbamates (subject to hydrolysis) is 1. The summed E-state index contributed by atoms with van der Waals surface area (Å²) in [7, 11) is 3.10. The predicted molar refractivity (Wildman–Crippen MR) is 168 cm³/mol. The summed E-state index contributed by atoms with van der Waals surface area (Å²) in [6.45, 7) is 0.634. The second-order valence-electron chi connectivity index (χ2n) is 12.6. The van der Waals surface area contributed by atoms with Crippen LogP contribution in [-0.2, 0) is 9.53 Å². The van der Waals surface area contributed by atoms with E-state index in [9.17, 15) is 14.9 Å². The van der Waals surface area contributed by atoms with Crippen LogP contribution in [0.5, 0.6) is 5.75 Å². The van der Waals surface area contributed by atoms with Gasteiger partial charge in [-0.2, -0.15) is 5.26 Å². The van der Waals surface area contributed by atoms with E-state index in [-0.39, 0.29) is 23.8 Å². The van der Waals surface area contributed by atoms with Crippen molar-refractivity contribution in [3.05, 3.63) is 59.9 Å². The number of rotatable bonds is 9. The topological polar surface area (TPSA) is 131 Å². The van der Waals surface area contributed by atoms with Gasteiger partial charge in [-0.3, -0.25) is 4.79 Å². The Labute approximate surface area is 264 Å². The lowest BCUT2D eigenvalue weighted by Gasteiger charge is -2.36. The standard InChI is InChI=1S/C35H41N5O5/c1-37-35(42)45-28-14-12-25(13-15-28)34(41)40(27-5-3-4-26(18-27)31-21-44-33(39-31)24-10-11-24)20-22-6-8-23(9-7-22)29-16-17-32(43-2)30(19-36)38-29/h3-5,16-18,21-25,28H,6-15,20H2,1-2H3,(H,37,42)/t22-,23-,25-,28-. The molecular weight excluding hydrogens is 570 g/mol. The Morgan fingerprint density at radius 3 is 2.44 bits per heavy atom. The lowest BCUT2D eigenvalue weighted by atomic mass is 9.79. The summed E-state index contributed by atoms with van der Waals surface area (Å²) in [4.78, 5) is 37.3. The molecule has 0 unspecified atom stereocenters. The molecule has 1 N–H and O–H groups in total. The maximum absolute atomic E-state index is 14.2. The fourth-order valence-corrected chi connectivity index (χ4v) is 6.78. The second kappa shape index (κ2) is 13.7. The number of carbonyl (C=O) groups is 2. The van der Waals surface area contributed by atoms with Crippen LogP contribution in [0.15, 0.2) is 47.1 Å². The van der Waals surface area contributed by atoms with Gasteiger partial charge in [0.15, 0.2) is 17.3 Å². The summed E-state index contributed by atoms with van der Waals surface area (Å²) >= 11 is 0. The Hall–Kier alpha value is -4.39. The first kappa shape index (κ1) is 30.6. The van der Waals surface area contributed by atoms with Gasteiger partial charge in [0, 0.05) is 48.3 Å². The molecule has 2 amide bonds. The van der Waals surface area contributed by atoms with Crippen LogP contribution < -0.4 is 15.0 Å². The molecule has 45 heavy (non-hydrogen) atoms. The number of hydrogen-bond acceptors (Lipinski definition) is 8. The van der Waals surface area contributed by atoms with E-state index in [0.717, 1.165) is 67.1 Å². The van der Waals surface area contributed by atoms with Gasteiger partial charge < -0.3 is 24.1 Å². The number of carbonyl (C=O) groups excluding carboxylic acids is 2. The Morgan fingerprint density at radius 1 is 1.00 bits per heavy atom. The molecule has 3 aliphatic rings. The predicted octanol–water partition coefficient (Wildman–Crippen LogP) is 6.72. The Balaban J connectivity index is 1.18. The molecule has 10 heteroatoms. The third-order valence-electron chi connectivity index (χ3n) is 9.58. The van der Waals surface area contributed by atoms with Gasteiger partial charge in [-0.15, -0.1) is 0 Å². The fraction of sp³-hybridized carbons (Fsp3) is 0.514. The van der Waals surface area contributed by atoms with Crippen molar-refractivity contribution in [3.63, 3.8) is 0 Å². The maximum Gasteiger partial charge on any atom is 0.407 e. The van der Waals surface area contributed by atoms with Crippen LogP contribution in [-0.4, -0.2) is 48.8 Å². The highest BCUT2D eigenvalue weighted by atomic mass is 16.6. The normalized spacial score (nSPS) is 23.0. The van der Waals surface area contributed by atoms with E-state index in [2.05, 4.69) is 22.4 Å². The lowest BCUT2D eigenvalue weighted by Crippen LogP contribution is -2.42. The Bertz CT molecular complexity index is 1540. The van der Waals surface area contributed by atoms with Crippen LogP contribution in [0.4, 0.5) is 10.5 Å². The average molecular weight is 612 g/mol. The zero-order valence-electron chi connectivity index (χ0n) is 26.0. The number of benzene rings is 1. The van der Waals surface area contributed by atoms with E-state index in [1.807, 2.05) is 35.2 Å². The van der Waals surface area contributed by atoms with Gasteiger partial charge in [0.1, 0.15) is 24.1 Å². The van der Waals surface area contributed by atoms with Gasteiger partial charge in [0.2, 0.25) is 5.91 Å². The van der Waals surface area contributed by atoms with Gasteiger partial charge in [0.25, 0.3) is 0 Å². The van der Waals surface area contributed by atoms with Crippen molar-refractivity contribution in [3.8, 4) is 23.1 Å². The number of amides is 2. The summed E-state index contributed by atoms with van der Waals surface area (Å²) in [6.07, 6.45) is 9.90. The van der Waals surface area contributed by atoms with Gasteiger partial charge in [0.05, 0.1) is 7.11 Å². The number of nitriles is 1. The van der Waals surface area contributed by atoms with Crippen LogP contribution in [0, 0.1) is 23.2 Å². The highest BCUT2D eigenvalue weighted by Gasteiger charge is 2.34. The largest absolute Gasteiger partial charge is 0.494 e. The minimum Gasteiger partial charge on any atom is -0.494 e. The van der Waals surface area contributed by atoms with E-state index in [4.69, 9.17) is 18.9 Å². The van der Waals surface area contributed by atoms with E-state index < -0.39 is 6.09 Å². The number of hydrogen-bond donors (Lipinski definition) is 1. The van der Waals surface area contributed by atoms with Crippen molar-refractivity contribution in [2.75, 3.05) is 25.6 Å². The monoisotopic (exact) mass is 611 g/mol. The number of aromatic nitrogens is 2. The number of pyridine rings is 1. The number of nitrogens with one attached hydrogen (secondary N) is 1. The quantitative estimate of drug-likeness (QED) is 0.282. The first-order valence-electron chi connectivity index (χ1n) is 16.2. The van der Waals surface area contributed by atoms with E-state index in [1.54, 1.807) is 20.4 Å². The molecule has 2 heterocycles. The maximum atomic E-state index is 14.2. The third kappa shape index (κ3) is 7.14. The second-order valence-corrected chi connectivity index (χ2v) is 12.6. The minimum atomic E-state index is -0.426. The van der Waals surface area contributed by atoms with Gasteiger partial charge in [-0.25, -0.2) is 14.8 Å². The molecule has 0 atom stereocenters. The van der Waals surface area contributed by atoms with Gasteiger partial charge >= 0.3 is 6.09 Å². The van der Waals surface area contributed by atoms with Crippen molar-refractivity contribution < 1.29 is 23.5 Å². The zero-order chi connectivity index (χ0) is 31.3. The molecule has 1 aromatic carbocycles. The molecule has 0 bridgehead atoms. The highest BCUT2D eigenvalue weighted by Crippen LogP contribution is 2.41. The molecule has 3 saturated carbocycles. The van der Waals surface area contributed by atoms with Crippen molar-refractivity contribution in [2.24, 2.45) is 11.8 Å².